The lowest BCUT2D eigenvalue weighted by Gasteiger charge is -2.12. The van der Waals surface area contributed by atoms with Crippen LogP contribution < -0.4 is 15.5 Å². The minimum Gasteiger partial charge on any atom is -0.348 e. The molecule has 0 saturated heterocycles. The molecule has 0 aliphatic carbocycles. The number of hydrogen-bond acceptors (Lipinski definition) is 5. The fraction of sp³-hybridized carbons (Fsp3) is 0.0952. The van der Waals surface area contributed by atoms with Crippen LogP contribution in [-0.2, 0) is 18.0 Å². The molecule has 146 valence electrons. The summed E-state index contributed by atoms with van der Waals surface area (Å²) >= 11 is 6.06. The zero-order valence-corrected chi connectivity index (χ0v) is 15.9. The molecule has 2 aromatic carbocycles. The van der Waals surface area contributed by atoms with E-state index in [-0.39, 0.29) is 23.9 Å². The lowest BCUT2D eigenvalue weighted by molar-refractivity contribution is -0.194. The van der Waals surface area contributed by atoms with E-state index in [2.05, 4.69) is 15.6 Å². The molecule has 2 amide bonds. The zero-order chi connectivity index (χ0) is 20.2. The van der Waals surface area contributed by atoms with Gasteiger partial charge in [0.15, 0.2) is 5.75 Å². The van der Waals surface area contributed by atoms with Crippen molar-refractivity contribution in [3.63, 3.8) is 0 Å². The number of carbonyl (C=O) groups excluding carboxylic acids is 2. The van der Waals surface area contributed by atoms with E-state index in [1.54, 1.807) is 30.5 Å². The fourth-order valence-electron chi connectivity index (χ4n) is 2.84. The van der Waals surface area contributed by atoms with Crippen molar-refractivity contribution in [3.8, 4) is 5.75 Å². The van der Waals surface area contributed by atoms with Gasteiger partial charge in [-0.3, -0.25) is 14.6 Å². The van der Waals surface area contributed by atoms with E-state index in [0.29, 0.717) is 28.6 Å². The second kappa shape index (κ2) is 8.30. The van der Waals surface area contributed by atoms with Gasteiger partial charge >= 0.3 is 0 Å². The third-order valence-electron chi connectivity index (χ3n) is 4.35. The molecule has 1 aromatic heterocycles. The fourth-order valence-corrected chi connectivity index (χ4v) is 3.02. The summed E-state index contributed by atoms with van der Waals surface area (Å²) in [5, 5.41) is 5.95. The molecule has 0 fully saturated rings. The van der Waals surface area contributed by atoms with Crippen LogP contribution in [-0.4, -0.2) is 16.8 Å². The van der Waals surface area contributed by atoms with Gasteiger partial charge < -0.3 is 15.5 Å². The second-order valence-corrected chi connectivity index (χ2v) is 6.79. The number of aromatic nitrogens is 1. The Morgan fingerprint density at radius 1 is 1.10 bits per heavy atom. The van der Waals surface area contributed by atoms with Gasteiger partial charge in [0.05, 0.1) is 16.8 Å². The summed E-state index contributed by atoms with van der Waals surface area (Å²) in [6.45, 7) is 0.683. The van der Waals surface area contributed by atoms with Crippen molar-refractivity contribution in [2.24, 2.45) is 0 Å². The molecule has 2 heterocycles. The van der Waals surface area contributed by atoms with Crippen molar-refractivity contribution in [1.29, 1.82) is 0 Å². The topological polar surface area (TPSA) is 89.6 Å². The monoisotopic (exact) mass is 409 g/mol. The van der Waals surface area contributed by atoms with Crippen molar-refractivity contribution in [2.45, 2.75) is 13.2 Å². The van der Waals surface area contributed by atoms with E-state index in [0.717, 1.165) is 11.1 Å². The van der Waals surface area contributed by atoms with Gasteiger partial charge in [-0.15, -0.1) is 0 Å². The molecular weight excluding hydrogens is 394 g/mol. The summed E-state index contributed by atoms with van der Waals surface area (Å²) in [5.41, 5.74) is 2.80. The summed E-state index contributed by atoms with van der Waals surface area (Å²) < 4.78 is 0. The van der Waals surface area contributed by atoms with Crippen LogP contribution in [0, 0.1) is 0 Å². The Bertz CT molecular complexity index is 1070. The van der Waals surface area contributed by atoms with Crippen molar-refractivity contribution < 1.29 is 19.4 Å². The lowest BCUT2D eigenvalue weighted by Crippen LogP contribution is -2.25. The van der Waals surface area contributed by atoms with Crippen molar-refractivity contribution in [1.82, 2.24) is 10.3 Å². The van der Waals surface area contributed by atoms with Crippen molar-refractivity contribution in [3.05, 3.63) is 88.2 Å². The van der Waals surface area contributed by atoms with Crippen LogP contribution in [0.25, 0.3) is 0 Å². The highest BCUT2D eigenvalue weighted by molar-refractivity contribution is 6.31. The molecule has 29 heavy (non-hydrogen) atoms. The first kappa shape index (κ1) is 18.9. The number of pyridine rings is 1. The summed E-state index contributed by atoms with van der Waals surface area (Å²) in [7, 11) is 0. The number of nitrogens with zero attached hydrogens (tertiary/aromatic N) is 1. The van der Waals surface area contributed by atoms with Crippen LogP contribution in [0.3, 0.4) is 0 Å². The molecule has 0 spiro atoms. The molecule has 2 N–H and O–H groups in total. The average molecular weight is 410 g/mol. The van der Waals surface area contributed by atoms with Crippen molar-refractivity contribution in [2.75, 3.05) is 5.32 Å². The van der Waals surface area contributed by atoms with Gasteiger partial charge in [-0.25, -0.2) is 0 Å². The Hall–Kier alpha value is -3.42. The Morgan fingerprint density at radius 2 is 2.00 bits per heavy atom. The summed E-state index contributed by atoms with van der Waals surface area (Å²) in [6, 6.07) is 13.6. The highest BCUT2D eigenvalue weighted by atomic mass is 35.5. The highest BCUT2D eigenvalue weighted by Crippen LogP contribution is 2.27. The molecule has 0 radical (unpaired) electrons. The third kappa shape index (κ3) is 4.37. The van der Waals surface area contributed by atoms with Gasteiger partial charge in [-0.05, 0) is 42.0 Å². The van der Waals surface area contributed by atoms with Crippen LogP contribution >= 0.6 is 11.6 Å². The number of anilines is 1. The molecule has 0 unspecified atom stereocenters. The van der Waals surface area contributed by atoms with E-state index in [1.165, 1.54) is 12.3 Å². The number of nitrogens with one attached hydrogen (secondary N) is 2. The van der Waals surface area contributed by atoms with Gasteiger partial charge in [0, 0.05) is 29.5 Å². The Balaban J connectivity index is 1.49. The first-order valence-corrected chi connectivity index (χ1v) is 9.18. The SMILES string of the molecule is O=C(Nc1ccc(Cl)cc1C(=O)NCc1ccc2c(c1)OOC2)c1cccnc1. The van der Waals surface area contributed by atoms with Gasteiger partial charge in [0.2, 0.25) is 0 Å². The van der Waals surface area contributed by atoms with E-state index in [1.807, 2.05) is 18.2 Å². The quantitative estimate of drug-likeness (QED) is 0.626. The predicted octanol–water partition coefficient (Wildman–Crippen LogP) is 3.74. The van der Waals surface area contributed by atoms with Gasteiger partial charge in [0.1, 0.15) is 6.61 Å². The van der Waals surface area contributed by atoms with Gasteiger partial charge in [0.25, 0.3) is 11.8 Å². The van der Waals surface area contributed by atoms with Gasteiger partial charge in [-0.2, -0.15) is 4.89 Å². The molecule has 7 nitrogen and oxygen atoms in total. The molecule has 3 aromatic rings. The van der Waals surface area contributed by atoms with E-state index < -0.39 is 0 Å². The van der Waals surface area contributed by atoms with E-state index in [9.17, 15) is 9.59 Å². The summed E-state index contributed by atoms with van der Waals surface area (Å²) in [6.07, 6.45) is 3.03. The number of halogens is 1. The highest BCUT2D eigenvalue weighted by Gasteiger charge is 2.17. The minimum atomic E-state index is -0.370. The number of fused-ring (bicyclic) bond motifs is 1. The van der Waals surface area contributed by atoms with E-state index in [4.69, 9.17) is 21.4 Å². The number of amides is 2. The van der Waals surface area contributed by atoms with Crippen molar-refractivity contribution >= 4 is 29.1 Å². The van der Waals surface area contributed by atoms with E-state index >= 15 is 0 Å². The molecule has 1 aliphatic rings. The molecular formula is C21H16ClN3O4. The average Bonchev–Trinajstić information content (AvgIpc) is 3.21. The van der Waals surface area contributed by atoms with Gasteiger partial charge in [-0.1, -0.05) is 23.7 Å². The Morgan fingerprint density at radius 3 is 2.83 bits per heavy atom. The second-order valence-electron chi connectivity index (χ2n) is 6.36. The summed E-state index contributed by atoms with van der Waals surface area (Å²) in [4.78, 5) is 39.1. The maximum atomic E-state index is 12.8. The smallest absolute Gasteiger partial charge is 0.257 e. The molecule has 0 bridgehead atoms. The lowest BCUT2D eigenvalue weighted by atomic mass is 10.1. The van der Waals surface area contributed by atoms with Crippen LogP contribution in [0.1, 0.15) is 31.8 Å². The van der Waals surface area contributed by atoms with Crippen LogP contribution in [0.2, 0.25) is 5.02 Å². The Labute approximate surface area is 171 Å². The molecule has 0 saturated carbocycles. The first-order valence-electron chi connectivity index (χ1n) is 8.80. The predicted molar refractivity (Wildman–Crippen MR) is 107 cm³/mol. The first-order chi connectivity index (χ1) is 14.1. The maximum Gasteiger partial charge on any atom is 0.257 e. The third-order valence-corrected chi connectivity index (χ3v) is 4.58. The van der Waals surface area contributed by atoms with Crippen LogP contribution in [0.15, 0.2) is 60.9 Å². The summed E-state index contributed by atoms with van der Waals surface area (Å²) in [5.74, 6) is -0.0965. The molecule has 4 rings (SSSR count). The normalized spacial score (nSPS) is 12.0. The molecule has 0 atom stereocenters. The standard InChI is InChI=1S/C21H16ClN3O4/c22-16-5-6-18(25-20(26)14-2-1-7-23-11-14)17(9-16)21(27)24-10-13-3-4-15-12-28-29-19(15)8-13/h1-9,11H,10,12H2,(H,24,27)(H,25,26). The zero-order valence-electron chi connectivity index (χ0n) is 15.1. The number of benzene rings is 2. The number of rotatable bonds is 5. The van der Waals surface area contributed by atoms with Crippen LogP contribution in [0.5, 0.6) is 5.75 Å². The molecule has 1 aliphatic heterocycles. The largest absolute Gasteiger partial charge is 0.348 e. The minimum absolute atomic E-state index is 0.260. The molecule has 8 heteroatoms. The number of carbonyl (C=O) groups is 2. The Kier molecular flexibility index (Phi) is 5.41. The van der Waals surface area contributed by atoms with Crippen LogP contribution in [0.4, 0.5) is 5.69 Å². The number of hydrogen-bond donors (Lipinski definition) is 2. The maximum absolute atomic E-state index is 12.8.